The molecule has 0 aliphatic carbocycles. The van der Waals surface area contributed by atoms with Gasteiger partial charge in [0.15, 0.2) is 5.96 Å². The highest BCUT2D eigenvalue weighted by molar-refractivity contribution is 5.93. The van der Waals surface area contributed by atoms with Crippen LogP contribution in [0, 0.1) is 0 Å². The Bertz CT molecular complexity index is 742. The van der Waals surface area contributed by atoms with Crippen molar-refractivity contribution in [2.24, 2.45) is 4.99 Å². The standard InChI is InChI=1S/C22H33N5O3/c1-3-23-21(25-13-15-26(16-14-25)22(29)30-4-2)24-17-18-8-10-19(11-9-18)27-12-6-5-7-20(27)28/h8-11H,3-7,12-17H2,1-2H3,(H,23,24). The maximum absolute atomic E-state index is 12.1. The molecule has 164 valence electrons. The van der Waals surface area contributed by atoms with Crippen LogP contribution < -0.4 is 10.2 Å². The van der Waals surface area contributed by atoms with E-state index in [9.17, 15) is 9.59 Å². The number of hydrogen-bond donors (Lipinski definition) is 1. The van der Waals surface area contributed by atoms with E-state index in [-0.39, 0.29) is 12.0 Å². The zero-order valence-corrected chi connectivity index (χ0v) is 18.1. The molecule has 0 bridgehead atoms. The van der Waals surface area contributed by atoms with Gasteiger partial charge in [-0.1, -0.05) is 12.1 Å². The molecule has 2 heterocycles. The van der Waals surface area contributed by atoms with E-state index < -0.39 is 0 Å². The molecular weight excluding hydrogens is 382 g/mol. The molecule has 2 amide bonds. The number of rotatable bonds is 5. The molecule has 3 rings (SSSR count). The van der Waals surface area contributed by atoms with Crippen LogP contribution in [0.5, 0.6) is 0 Å². The van der Waals surface area contributed by atoms with Gasteiger partial charge in [-0.3, -0.25) is 4.79 Å². The van der Waals surface area contributed by atoms with Crippen molar-refractivity contribution in [3.8, 4) is 0 Å². The molecule has 1 N–H and O–H groups in total. The van der Waals surface area contributed by atoms with Gasteiger partial charge in [0.1, 0.15) is 0 Å². The third-order valence-electron chi connectivity index (χ3n) is 5.42. The highest BCUT2D eigenvalue weighted by atomic mass is 16.6. The topological polar surface area (TPSA) is 77.5 Å². The van der Waals surface area contributed by atoms with Crippen molar-refractivity contribution in [2.45, 2.75) is 39.7 Å². The Kier molecular flexibility index (Phi) is 7.93. The van der Waals surface area contributed by atoms with Crippen molar-refractivity contribution in [3.05, 3.63) is 29.8 Å². The first kappa shape index (κ1) is 21.9. The second-order valence-corrected chi connectivity index (χ2v) is 7.51. The number of benzene rings is 1. The molecule has 8 nitrogen and oxygen atoms in total. The lowest BCUT2D eigenvalue weighted by Gasteiger charge is -2.35. The number of nitrogens with one attached hydrogen (secondary N) is 1. The van der Waals surface area contributed by atoms with Crippen molar-refractivity contribution >= 4 is 23.6 Å². The van der Waals surface area contributed by atoms with Crippen molar-refractivity contribution in [3.63, 3.8) is 0 Å². The van der Waals surface area contributed by atoms with E-state index in [1.54, 1.807) is 4.90 Å². The van der Waals surface area contributed by atoms with Crippen LogP contribution in [0.1, 0.15) is 38.7 Å². The van der Waals surface area contributed by atoms with Gasteiger partial charge in [0.2, 0.25) is 5.91 Å². The number of anilines is 1. The summed E-state index contributed by atoms with van der Waals surface area (Å²) in [6.07, 6.45) is 2.45. The van der Waals surface area contributed by atoms with Crippen molar-refractivity contribution < 1.29 is 14.3 Å². The molecule has 0 radical (unpaired) electrons. The van der Waals surface area contributed by atoms with Gasteiger partial charge in [0.05, 0.1) is 13.2 Å². The zero-order chi connectivity index (χ0) is 21.3. The number of nitrogens with zero attached hydrogens (tertiary/aromatic N) is 4. The van der Waals surface area contributed by atoms with Gasteiger partial charge in [-0.2, -0.15) is 0 Å². The summed E-state index contributed by atoms with van der Waals surface area (Å²) in [5.41, 5.74) is 2.07. The zero-order valence-electron chi connectivity index (χ0n) is 18.1. The lowest BCUT2D eigenvalue weighted by atomic mass is 10.1. The van der Waals surface area contributed by atoms with Crippen LogP contribution in [0.25, 0.3) is 0 Å². The van der Waals surface area contributed by atoms with Crippen LogP contribution in [-0.4, -0.2) is 73.6 Å². The number of carbonyl (C=O) groups is 2. The Morgan fingerprint density at radius 3 is 2.37 bits per heavy atom. The number of guanidine groups is 1. The Morgan fingerprint density at radius 2 is 1.73 bits per heavy atom. The minimum Gasteiger partial charge on any atom is -0.450 e. The summed E-state index contributed by atoms with van der Waals surface area (Å²) < 4.78 is 5.09. The van der Waals surface area contributed by atoms with E-state index in [2.05, 4.69) is 17.1 Å². The molecule has 0 saturated carbocycles. The maximum Gasteiger partial charge on any atom is 0.409 e. The molecule has 0 atom stereocenters. The highest BCUT2D eigenvalue weighted by Crippen LogP contribution is 2.21. The minimum atomic E-state index is -0.244. The predicted octanol–water partition coefficient (Wildman–Crippen LogP) is 2.44. The summed E-state index contributed by atoms with van der Waals surface area (Å²) >= 11 is 0. The third kappa shape index (κ3) is 5.64. The fraction of sp³-hybridized carbons (Fsp3) is 0.591. The first-order chi connectivity index (χ1) is 14.6. The first-order valence-electron chi connectivity index (χ1n) is 11.0. The summed E-state index contributed by atoms with van der Waals surface area (Å²) in [6.45, 7) is 9.12. The number of carbonyl (C=O) groups excluding carboxylic acids is 2. The van der Waals surface area contributed by atoms with Crippen LogP contribution >= 0.6 is 0 Å². The summed E-state index contributed by atoms with van der Waals surface area (Å²) in [4.78, 5) is 34.6. The van der Waals surface area contributed by atoms with Gasteiger partial charge in [-0.15, -0.1) is 0 Å². The van der Waals surface area contributed by atoms with Crippen molar-refractivity contribution in [2.75, 3.05) is 50.8 Å². The Hall–Kier alpha value is -2.77. The third-order valence-corrected chi connectivity index (χ3v) is 5.42. The molecule has 1 aromatic rings. The Balaban J connectivity index is 1.58. The van der Waals surface area contributed by atoms with Gasteiger partial charge < -0.3 is 24.8 Å². The van der Waals surface area contributed by atoms with Gasteiger partial charge in [0.25, 0.3) is 0 Å². The van der Waals surface area contributed by atoms with Crippen LogP contribution in [0.15, 0.2) is 29.3 Å². The molecule has 2 fully saturated rings. The molecule has 0 aromatic heterocycles. The summed E-state index contributed by atoms with van der Waals surface area (Å²) in [6, 6.07) is 8.12. The molecule has 1 aromatic carbocycles. The molecule has 2 aliphatic rings. The summed E-state index contributed by atoms with van der Waals surface area (Å²) in [5.74, 6) is 1.07. The number of ether oxygens (including phenoxy) is 1. The van der Waals surface area contributed by atoms with E-state index in [0.29, 0.717) is 32.7 Å². The normalized spacial score (nSPS) is 17.9. The predicted molar refractivity (Wildman–Crippen MR) is 118 cm³/mol. The largest absolute Gasteiger partial charge is 0.450 e. The molecule has 30 heavy (non-hydrogen) atoms. The highest BCUT2D eigenvalue weighted by Gasteiger charge is 2.24. The Labute approximate surface area is 178 Å². The lowest BCUT2D eigenvalue weighted by Crippen LogP contribution is -2.53. The molecule has 8 heteroatoms. The SMILES string of the molecule is CCNC(=NCc1ccc(N2CCCCC2=O)cc1)N1CCN(C(=O)OCC)CC1. The van der Waals surface area contributed by atoms with E-state index in [1.807, 2.05) is 36.1 Å². The molecule has 2 aliphatic heterocycles. The molecular formula is C22H33N5O3. The number of amides is 2. The van der Waals surface area contributed by atoms with Crippen LogP contribution in [0.2, 0.25) is 0 Å². The quantitative estimate of drug-likeness (QED) is 0.590. The van der Waals surface area contributed by atoms with Gasteiger partial charge in [-0.25, -0.2) is 9.79 Å². The lowest BCUT2D eigenvalue weighted by molar-refractivity contribution is -0.119. The number of aliphatic imine (C=N–C) groups is 1. The molecule has 0 spiro atoms. The molecule has 0 unspecified atom stereocenters. The van der Waals surface area contributed by atoms with E-state index in [0.717, 1.165) is 56.2 Å². The number of hydrogen-bond acceptors (Lipinski definition) is 4. The maximum atomic E-state index is 12.1. The fourth-order valence-electron chi connectivity index (χ4n) is 3.77. The van der Waals surface area contributed by atoms with Crippen LogP contribution in [0.3, 0.4) is 0 Å². The van der Waals surface area contributed by atoms with Crippen molar-refractivity contribution in [1.82, 2.24) is 15.1 Å². The number of piperazine rings is 1. The smallest absolute Gasteiger partial charge is 0.409 e. The first-order valence-corrected chi connectivity index (χ1v) is 11.0. The second-order valence-electron chi connectivity index (χ2n) is 7.51. The molecule has 2 saturated heterocycles. The average molecular weight is 416 g/mol. The van der Waals surface area contributed by atoms with Gasteiger partial charge in [0, 0.05) is 51.4 Å². The second kappa shape index (κ2) is 10.8. The van der Waals surface area contributed by atoms with Crippen molar-refractivity contribution in [1.29, 1.82) is 0 Å². The minimum absolute atomic E-state index is 0.211. The van der Waals surface area contributed by atoms with Gasteiger partial charge >= 0.3 is 6.09 Å². The van der Waals surface area contributed by atoms with E-state index in [4.69, 9.17) is 9.73 Å². The fourth-order valence-corrected chi connectivity index (χ4v) is 3.77. The Morgan fingerprint density at radius 1 is 1.03 bits per heavy atom. The summed E-state index contributed by atoms with van der Waals surface area (Å²) in [5, 5.41) is 3.35. The van der Waals surface area contributed by atoms with Crippen LogP contribution in [0.4, 0.5) is 10.5 Å². The van der Waals surface area contributed by atoms with E-state index in [1.165, 1.54) is 0 Å². The van der Waals surface area contributed by atoms with E-state index >= 15 is 0 Å². The summed E-state index contributed by atoms with van der Waals surface area (Å²) in [7, 11) is 0. The van der Waals surface area contributed by atoms with Gasteiger partial charge in [-0.05, 0) is 44.4 Å². The average Bonchev–Trinajstić information content (AvgIpc) is 2.78. The monoisotopic (exact) mass is 415 g/mol. The number of piperidine rings is 1. The van der Waals surface area contributed by atoms with Crippen LogP contribution in [-0.2, 0) is 16.1 Å².